The van der Waals surface area contributed by atoms with Crippen molar-refractivity contribution in [2.24, 2.45) is 5.11 Å². The zero-order valence-electron chi connectivity index (χ0n) is 7.68. The molecule has 15 heavy (non-hydrogen) atoms. The molecule has 0 spiro atoms. The first-order chi connectivity index (χ1) is 7.01. The number of sulfonamides is 1. The average Bonchev–Trinajstić information content (AvgIpc) is 2.21. The Morgan fingerprint density at radius 1 is 1.53 bits per heavy atom. The van der Waals surface area contributed by atoms with E-state index in [0.717, 1.165) is 18.2 Å². The van der Waals surface area contributed by atoms with Crippen LogP contribution in [0.4, 0.5) is 10.1 Å². The van der Waals surface area contributed by atoms with E-state index in [-0.39, 0.29) is 10.6 Å². The van der Waals surface area contributed by atoms with Crippen LogP contribution in [0.3, 0.4) is 0 Å². The largest absolute Gasteiger partial charge is 0.240 e. The number of nitrogens with zero attached hydrogens (tertiary/aromatic N) is 3. The number of benzene rings is 1. The second-order valence-corrected chi connectivity index (χ2v) is 4.40. The van der Waals surface area contributed by atoms with Crippen LogP contribution in [0.5, 0.6) is 0 Å². The molecule has 0 heterocycles. The first-order valence-electron chi connectivity index (χ1n) is 3.79. The van der Waals surface area contributed by atoms with Crippen LogP contribution in [0.15, 0.2) is 28.2 Å². The van der Waals surface area contributed by atoms with Gasteiger partial charge in [-0.25, -0.2) is 17.5 Å². The summed E-state index contributed by atoms with van der Waals surface area (Å²) in [6.45, 7) is 0. The fraction of sp³-hybridized carbons (Fsp3) is 0.143. The number of azide groups is 1. The highest BCUT2D eigenvalue weighted by Gasteiger charge is 2.13. The van der Waals surface area contributed by atoms with Crippen LogP contribution in [-0.2, 0) is 10.0 Å². The first-order valence-corrected chi connectivity index (χ1v) is 5.28. The smallest absolute Gasteiger partial charge is 0.214 e. The van der Waals surface area contributed by atoms with Crippen LogP contribution in [-0.4, -0.2) is 15.5 Å². The molecule has 0 aliphatic rings. The van der Waals surface area contributed by atoms with Crippen LogP contribution >= 0.6 is 0 Å². The Hall–Kier alpha value is -1.63. The van der Waals surface area contributed by atoms with E-state index < -0.39 is 15.8 Å². The van der Waals surface area contributed by atoms with Crippen LogP contribution in [0.1, 0.15) is 0 Å². The van der Waals surface area contributed by atoms with Gasteiger partial charge in [0, 0.05) is 4.91 Å². The number of hydrogen-bond acceptors (Lipinski definition) is 3. The molecule has 80 valence electrons. The van der Waals surface area contributed by atoms with Gasteiger partial charge < -0.3 is 0 Å². The molecule has 0 amide bonds. The van der Waals surface area contributed by atoms with Gasteiger partial charge in [0.25, 0.3) is 0 Å². The second-order valence-electron chi connectivity index (χ2n) is 2.51. The quantitative estimate of drug-likeness (QED) is 0.485. The third-order valence-corrected chi connectivity index (χ3v) is 3.06. The monoisotopic (exact) mass is 230 g/mol. The van der Waals surface area contributed by atoms with E-state index in [1.54, 1.807) is 0 Å². The molecular weight excluding hydrogens is 223 g/mol. The lowest BCUT2D eigenvalue weighted by Crippen LogP contribution is -2.18. The predicted molar refractivity (Wildman–Crippen MR) is 51.5 cm³/mol. The molecule has 6 nitrogen and oxygen atoms in total. The number of nitrogens with one attached hydrogen (secondary N) is 1. The Balaban J connectivity index is 3.37. The molecule has 1 N–H and O–H groups in total. The molecule has 1 rings (SSSR count). The highest BCUT2D eigenvalue weighted by Crippen LogP contribution is 2.21. The van der Waals surface area contributed by atoms with E-state index in [0.29, 0.717) is 0 Å². The van der Waals surface area contributed by atoms with Crippen molar-refractivity contribution in [1.82, 2.24) is 4.72 Å². The molecule has 0 radical (unpaired) electrons. The summed E-state index contributed by atoms with van der Waals surface area (Å²) in [5.74, 6) is -0.775. The minimum Gasteiger partial charge on any atom is -0.214 e. The predicted octanol–water partition coefficient (Wildman–Crippen LogP) is 1.68. The Labute approximate surface area is 85.4 Å². The van der Waals surface area contributed by atoms with Gasteiger partial charge in [-0.2, -0.15) is 0 Å². The lowest BCUT2D eigenvalue weighted by atomic mass is 10.3. The van der Waals surface area contributed by atoms with Gasteiger partial charge in [0.2, 0.25) is 10.0 Å². The van der Waals surface area contributed by atoms with Gasteiger partial charge in [0.15, 0.2) is 0 Å². The Kier molecular flexibility index (Phi) is 3.25. The van der Waals surface area contributed by atoms with Gasteiger partial charge in [-0.15, -0.1) is 0 Å². The zero-order chi connectivity index (χ0) is 11.5. The Morgan fingerprint density at radius 2 is 2.20 bits per heavy atom. The van der Waals surface area contributed by atoms with Crippen molar-refractivity contribution < 1.29 is 12.8 Å². The van der Waals surface area contributed by atoms with Crippen molar-refractivity contribution in [1.29, 1.82) is 0 Å². The van der Waals surface area contributed by atoms with E-state index in [4.69, 9.17) is 5.53 Å². The molecule has 0 aliphatic carbocycles. The summed E-state index contributed by atoms with van der Waals surface area (Å²) in [4.78, 5) is 2.23. The molecule has 0 unspecified atom stereocenters. The van der Waals surface area contributed by atoms with Crippen molar-refractivity contribution in [2.75, 3.05) is 7.05 Å². The molecule has 0 bridgehead atoms. The highest BCUT2D eigenvalue weighted by molar-refractivity contribution is 7.89. The van der Waals surface area contributed by atoms with Gasteiger partial charge in [0.1, 0.15) is 5.82 Å². The standard InChI is InChI=1S/C7H7FN4O2S/c1-10-15(13,14)5-2-3-6(8)7(4-5)11-12-9/h2-4,10H,1H3. The fourth-order valence-electron chi connectivity index (χ4n) is 0.902. The summed E-state index contributed by atoms with van der Waals surface area (Å²) in [6.07, 6.45) is 0. The molecular formula is C7H7FN4O2S. The Bertz CT molecular complexity index is 522. The van der Waals surface area contributed by atoms with Crippen LogP contribution in [0.25, 0.3) is 10.4 Å². The third kappa shape index (κ3) is 2.44. The van der Waals surface area contributed by atoms with Crippen LogP contribution < -0.4 is 4.72 Å². The van der Waals surface area contributed by atoms with E-state index in [9.17, 15) is 12.8 Å². The number of hydrogen-bond donors (Lipinski definition) is 1. The summed E-state index contributed by atoms with van der Waals surface area (Å²) in [5.41, 5.74) is 7.77. The van der Waals surface area contributed by atoms with E-state index in [1.807, 2.05) is 0 Å². The molecule has 0 saturated carbocycles. The normalized spacial score (nSPS) is 10.8. The minimum atomic E-state index is -3.66. The van der Waals surface area contributed by atoms with Gasteiger partial charge >= 0.3 is 0 Å². The topological polar surface area (TPSA) is 94.9 Å². The second kappa shape index (κ2) is 4.26. The lowest BCUT2D eigenvalue weighted by molar-refractivity contribution is 0.587. The molecule has 1 aromatic rings. The zero-order valence-corrected chi connectivity index (χ0v) is 8.49. The summed E-state index contributed by atoms with van der Waals surface area (Å²) < 4.78 is 37.6. The maximum atomic E-state index is 13.0. The van der Waals surface area contributed by atoms with Gasteiger partial charge in [-0.1, -0.05) is 5.11 Å². The average molecular weight is 230 g/mol. The maximum Gasteiger partial charge on any atom is 0.240 e. The molecule has 0 aromatic heterocycles. The van der Waals surface area contributed by atoms with E-state index >= 15 is 0 Å². The molecule has 1 aromatic carbocycles. The van der Waals surface area contributed by atoms with Gasteiger partial charge in [-0.05, 0) is 30.8 Å². The molecule has 0 saturated heterocycles. The van der Waals surface area contributed by atoms with Crippen molar-refractivity contribution in [3.8, 4) is 0 Å². The van der Waals surface area contributed by atoms with Gasteiger partial charge in [-0.3, -0.25) is 0 Å². The summed E-state index contributed by atoms with van der Waals surface area (Å²) in [5, 5.41) is 3.03. The van der Waals surface area contributed by atoms with Crippen molar-refractivity contribution >= 4 is 15.7 Å². The molecule has 0 aliphatic heterocycles. The fourth-order valence-corrected chi connectivity index (χ4v) is 1.65. The maximum absolute atomic E-state index is 13.0. The summed E-state index contributed by atoms with van der Waals surface area (Å²) in [7, 11) is -2.43. The van der Waals surface area contributed by atoms with Crippen LogP contribution in [0, 0.1) is 5.82 Å². The molecule has 0 fully saturated rings. The van der Waals surface area contributed by atoms with Crippen LogP contribution in [0.2, 0.25) is 0 Å². The SMILES string of the molecule is CNS(=O)(=O)c1ccc(F)c(N=[N+]=[N-])c1. The number of halogens is 1. The third-order valence-electron chi connectivity index (χ3n) is 1.65. The molecule has 8 heteroatoms. The van der Waals surface area contributed by atoms with Crippen molar-refractivity contribution in [3.05, 3.63) is 34.5 Å². The lowest BCUT2D eigenvalue weighted by Gasteiger charge is -2.03. The number of rotatable bonds is 3. The Morgan fingerprint density at radius 3 is 2.73 bits per heavy atom. The van der Waals surface area contributed by atoms with Crippen molar-refractivity contribution in [3.63, 3.8) is 0 Å². The van der Waals surface area contributed by atoms with Crippen molar-refractivity contribution in [2.45, 2.75) is 4.90 Å². The van der Waals surface area contributed by atoms with E-state index in [2.05, 4.69) is 14.7 Å². The summed E-state index contributed by atoms with van der Waals surface area (Å²) >= 11 is 0. The van der Waals surface area contributed by atoms with E-state index in [1.165, 1.54) is 7.05 Å². The van der Waals surface area contributed by atoms with Gasteiger partial charge in [0.05, 0.1) is 10.6 Å². The minimum absolute atomic E-state index is 0.159. The molecule has 0 atom stereocenters. The highest BCUT2D eigenvalue weighted by atomic mass is 32.2. The summed E-state index contributed by atoms with van der Waals surface area (Å²) in [6, 6.07) is 2.96. The first kappa shape index (κ1) is 11.4.